The molecule has 0 aliphatic heterocycles. The maximum atomic E-state index is 13.1. The van der Waals surface area contributed by atoms with Crippen molar-refractivity contribution in [1.82, 2.24) is 4.57 Å². The van der Waals surface area contributed by atoms with Crippen molar-refractivity contribution in [1.29, 1.82) is 0 Å². The summed E-state index contributed by atoms with van der Waals surface area (Å²) in [6, 6.07) is 19.9. The van der Waals surface area contributed by atoms with Crippen molar-refractivity contribution in [2.75, 3.05) is 0 Å². The van der Waals surface area contributed by atoms with Crippen LogP contribution >= 0.6 is 0 Å². The highest BCUT2D eigenvalue weighted by Crippen LogP contribution is 2.35. The van der Waals surface area contributed by atoms with Crippen LogP contribution in [0.4, 0.5) is 5.69 Å². The van der Waals surface area contributed by atoms with Crippen molar-refractivity contribution in [2.45, 2.75) is 13.8 Å². The van der Waals surface area contributed by atoms with E-state index in [9.17, 15) is 14.9 Å². The Labute approximate surface area is 177 Å². The Morgan fingerprint density at radius 2 is 1.61 bits per heavy atom. The first-order valence-electron chi connectivity index (χ1n) is 9.83. The number of nitro benzene ring substituents is 1. The lowest BCUT2D eigenvalue weighted by Crippen LogP contribution is -2.01. The number of nitrogens with zero attached hydrogens (tertiary/aromatic N) is 2. The van der Waals surface area contributed by atoms with E-state index in [0.717, 1.165) is 27.7 Å². The van der Waals surface area contributed by atoms with Gasteiger partial charge in [-0.3, -0.25) is 10.1 Å². The van der Waals surface area contributed by atoms with Gasteiger partial charge in [-0.15, -0.1) is 0 Å². The van der Waals surface area contributed by atoms with Crippen LogP contribution in [0.25, 0.3) is 38.7 Å². The quantitative estimate of drug-likeness (QED) is 0.210. The summed E-state index contributed by atoms with van der Waals surface area (Å²) in [7, 11) is 0. The van der Waals surface area contributed by atoms with Crippen LogP contribution < -0.4 is 5.63 Å². The van der Waals surface area contributed by atoms with Gasteiger partial charge in [-0.05, 0) is 66.9 Å². The molecular formula is C25H18N2O4. The maximum Gasteiger partial charge on any atom is 0.346 e. The molecule has 0 spiro atoms. The maximum absolute atomic E-state index is 13.1. The third-order valence-corrected chi connectivity index (χ3v) is 5.43. The van der Waals surface area contributed by atoms with Crippen LogP contribution in [-0.2, 0) is 0 Å². The van der Waals surface area contributed by atoms with Gasteiger partial charge >= 0.3 is 5.63 Å². The van der Waals surface area contributed by atoms with E-state index in [1.807, 2.05) is 42.8 Å². The van der Waals surface area contributed by atoms with Crippen LogP contribution in [0.15, 0.2) is 82.1 Å². The number of fused-ring (bicyclic) bond motifs is 3. The highest BCUT2D eigenvalue weighted by Gasteiger charge is 2.20. The Bertz CT molecular complexity index is 1520. The van der Waals surface area contributed by atoms with Crippen LogP contribution in [0, 0.1) is 24.0 Å². The van der Waals surface area contributed by atoms with E-state index in [0.29, 0.717) is 22.1 Å². The molecule has 0 atom stereocenters. The fraction of sp³-hybridized carbons (Fsp3) is 0.0800. The van der Waals surface area contributed by atoms with E-state index in [1.165, 1.54) is 12.1 Å². The van der Waals surface area contributed by atoms with Gasteiger partial charge < -0.3 is 8.98 Å². The molecular weight excluding hydrogens is 392 g/mol. The van der Waals surface area contributed by atoms with Crippen molar-refractivity contribution < 1.29 is 9.34 Å². The molecule has 6 heteroatoms. The molecule has 0 aliphatic carbocycles. The molecule has 2 aromatic heterocycles. The molecule has 31 heavy (non-hydrogen) atoms. The predicted octanol–water partition coefficient (Wildman–Crippen LogP) is 5.93. The smallest absolute Gasteiger partial charge is 0.346 e. The third kappa shape index (κ3) is 3.09. The largest absolute Gasteiger partial charge is 0.422 e. The minimum atomic E-state index is -0.440. The van der Waals surface area contributed by atoms with Crippen molar-refractivity contribution in [3.63, 3.8) is 0 Å². The van der Waals surface area contributed by atoms with E-state index < -0.39 is 10.5 Å². The van der Waals surface area contributed by atoms with E-state index in [4.69, 9.17) is 4.42 Å². The molecule has 0 fully saturated rings. The lowest BCUT2D eigenvalue weighted by molar-refractivity contribution is -0.384. The summed E-state index contributed by atoms with van der Waals surface area (Å²) in [6.07, 6.45) is 1.91. The second kappa shape index (κ2) is 6.95. The molecule has 0 amide bonds. The van der Waals surface area contributed by atoms with Gasteiger partial charge in [0.25, 0.3) is 5.69 Å². The summed E-state index contributed by atoms with van der Waals surface area (Å²) in [5.74, 6) is 0. The molecule has 6 nitrogen and oxygen atoms in total. The molecule has 0 saturated carbocycles. The second-order valence-electron chi connectivity index (χ2n) is 7.67. The molecule has 0 unspecified atom stereocenters. The number of aromatic nitrogens is 1. The summed E-state index contributed by atoms with van der Waals surface area (Å²) in [5.41, 5.74) is 5.37. The fourth-order valence-electron chi connectivity index (χ4n) is 4.15. The van der Waals surface area contributed by atoms with Crippen molar-refractivity contribution >= 4 is 27.6 Å². The zero-order valence-corrected chi connectivity index (χ0v) is 17.0. The SMILES string of the molecule is Cc1cc(C)cc(-n2cc(-c3ccc([N+](=O)[O-])cc3)c3c(=O)oc4ccccc4c32)c1. The molecule has 0 aliphatic rings. The van der Waals surface area contributed by atoms with Gasteiger partial charge in [0.1, 0.15) is 5.58 Å². The van der Waals surface area contributed by atoms with Gasteiger partial charge in [-0.1, -0.05) is 18.2 Å². The van der Waals surface area contributed by atoms with E-state index in [-0.39, 0.29) is 5.69 Å². The Hall–Kier alpha value is -4.19. The normalized spacial score (nSPS) is 11.3. The highest BCUT2D eigenvalue weighted by molar-refractivity contribution is 6.09. The molecule has 2 heterocycles. The van der Waals surface area contributed by atoms with Gasteiger partial charge in [0.15, 0.2) is 0 Å². The molecule has 0 radical (unpaired) electrons. The average Bonchev–Trinajstić information content (AvgIpc) is 3.15. The molecule has 5 rings (SSSR count). The highest BCUT2D eigenvalue weighted by atomic mass is 16.6. The number of benzene rings is 3. The molecule has 152 valence electrons. The Morgan fingerprint density at radius 1 is 0.935 bits per heavy atom. The van der Waals surface area contributed by atoms with Crippen LogP contribution in [0.2, 0.25) is 0 Å². The van der Waals surface area contributed by atoms with Crippen molar-refractivity contribution in [3.8, 4) is 16.8 Å². The van der Waals surface area contributed by atoms with Gasteiger partial charge in [0, 0.05) is 35.0 Å². The molecule has 0 N–H and O–H groups in total. The van der Waals surface area contributed by atoms with E-state index in [2.05, 4.69) is 18.2 Å². The summed E-state index contributed by atoms with van der Waals surface area (Å²) < 4.78 is 7.62. The standard InChI is InChI=1S/C25H18N2O4/c1-15-11-16(2)13-19(12-15)26-14-21(17-7-9-18(10-8-17)27(29)30)23-24(26)20-5-3-4-6-22(20)31-25(23)28/h3-14H,1-2H3. The first-order valence-corrected chi connectivity index (χ1v) is 9.83. The van der Waals surface area contributed by atoms with Crippen LogP contribution in [0.1, 0.15) is 11.1 Å². The number of non-ortho nitro benzene ring substituents is 1. The van der Waals surface area contributed by atoms with E-state index >= 15 is 0 Å². The second-order valence-corrected chi connectivity index (χ2v) is 7.67. The minimum absolute atomic E-state index is 0.000665. The minimum Gasteiger partial charge on any atom is -0.422 e. The monoisotopic (exact) mass is 410 g/mol. The van der Waals surface area contributed by atoms with Gasteiger partial charge in [0.2, 0.25) is 0 Å². The molecule has 3 aromatic carbocycles. The average molecular weight is 410 g/mol. The number of hydrogen-bond acceptors (Lipinski definition) is 4. The van der Waals surface area contributed by atoms with Gasteiger partial charge in [0.05, 0.1) is 15.8 Å². The Kier molecular flexibility index (Phi) is 4.22. The van der Waals surface area contributed by atoms with Crippen molar-refractivity contribution in [2.24, 2.45) is 0 Å². The van der Waals surface area contributed by atoms with Crippen LogP contribution in [-0.4, -0.2) is 9.49 Å². The summed E-state index contributed by atoms with van der Waals surface area (Å²) in [4.78, 5) is 23.7. The summed E-state index contributed by atoms with van der Waals surface area (Å²) in [6.45, 7) is 4.07. The van der Waals surface area contributed by atoms with E-state index in [1.54, 1.807) is 18.2 Å². The lowest BCUT2D eigenvalue weighted by atomic mass is 10.0. The van der Waals surface area contributed by atoms with Crippen molar-refractivity contribution in [3.05, 3.63) is 105 Å². The Balaban J connectivity index is 1.90. The number of nitro groups is 1. The topological polar surface area (TPSA) is 78.3 Å². The summed E-state index contributed by atoms with van der Waals surface area (Å²) >= 11 is 0. The lowest BCUT2D eigenvalue weighted by Gasteiger charge is -2.09. The van der Waals surface area contributed by atoms with Gasteiger partial charge in [-0.25, -0.2) is 4.79 Å². The van der Waals surface area contributed by atoms with Gasteiger partial charge in [-0.2, -0.15) is 0 Å². The first-order chi connectivity index (χ1) is 14.9. The zero-order valence-electron chi connectivity index (χ0n) is 17.0. The summed E-state index contributed by atoms with van der Waals surface area (Å²) in [5, 5.41) is 12.3. The zero-order chi connectivity index (χ0) is 21.7. The third-order valence-electron chi connectivity index (χ3n) is 5.43. The fourth-order valence-corrected chi connectivity index (χ4v) is 4.15. The molecule has 5 aromatic rings. The predicted molar refractivity (Wildman–Crippen MR) is 121 cm³/mol. The number of rotatable bonds is 3. The van der Waals surface area contributed by atoms with Crippen LogP contribution in [0.3, 0.4) is 0 Å². The van der Waals surface area contributed by atoms with Crippen LogP contribution in [0.5, 0.6) is 0 Å². The first kappa shape index (κ1) is 18.8. The Morgan fingerprint density at radius 3 is 2.29 bits per heavy atom. The molecule has 0 bridgehead atoms. The number of hydrogen-bond donors (Lipinski definition) is 0. The molecule has 0 saturated heterocycles. The number of para-hydroxylation sites is 1. The number of aryl methyl sites for hydroxylation is 2.